The summed E-state index contributed by atoms with van der Waals surface area (Å²) < 4.78 is 0. The molecule has 0 bridgehead atoms. The molecule has 1 fully saturated rings. The molecule has 104 valence electrons. The molecule has 0 atom stereocenters. The molecule has 0 aromatic heterocycles. The summed E-state index contributed by atoms with van der Waals surface area (Å²) in [4.78, 5) is 2.29. The van der Waals surface area contributed by atoms with Crippen LogP contribution in [-0.2, 0) is 0 Å². The van der Waals surface area contributed by atoms with Gasteiger partial charge < -0.3 is 10.0 Å². The molecule has 1 heterocycles. The van der Waals surface area contributed by atoms with Crippen LogP contribution in [0, 0.1) is 0 Å². The van der Waals surface area contributed by atoms with Crippen molar-refractivity contribution in [3.8, 4) is 5.75 Å². The first-order valence-electron chi connectivity index (χ1n) is 6.92. The molecule has 20 heavy (non-hydrogen) atoms. The number of fused-ring (bicyclic) bond motifs is 1. The number of phenolic OH excluding ortho intramolecular Hbond substituents is 1. The standard InChI is InChI=1S/C16H19N3O/c1-18-8-10-19(11-9-18)17-12-14-7-6-13-4-2-3-5-15(13)16(14)20/h2-7,12,20H,8-11H2,1H3/b17-12+. The Morgan fingerprint density at radius 1 is 1.05 bits per heavy atom. The van der Waals surface area contributed by atoms with Gasteiger partial charge in [-0.25, -0.2) is 0 Å². The van der Waals surface area contributed by atoms with E-state index in [-0.39, 0.29) is 0 Å². The lowest BCUT2D eigenvalue weighted by molar-refractivity contribution is 0.159. The summed E-state index contributed by atoms with van der Waals surface area (Å²) in [6.07, 6.45) is 1.76. The van der Waals surface area contributed by atoms with Crippen molar-refractivity contribution in [1.82, 2.24) is 9.91 Å². The van der Waals surface area contributed by atoms with Crippen LogP contribution in [0.4, 0.5) is 0 Å². The Labute approximate surface area is 118 Å². The Morgan fingerprint density at radius 3 is 2.60 bits per heavy atom. The number of piperazine rings is 1. The first-order chi connectivity index (χ1) is 9.74. The van der Waals surface area contributed by atoms with Gasteiger partial charge in [0, 0.05) is 37.1 Å². The molecular weight excluding hydrogens is 250 g/mol. The Balaban J connectivity index is 1.82. The van der Waals surface area contributed by atoms with Gasteiger partial charge in [0.2, 0.25) is 0 Å². The molecule has 0 amide bonds. The smallest absolute Gasteiger partial charge is 0.132 e. The maximum Gasteiger partial charge on any atom is 0.132 e. The first-order valence-corrected chi connectivity index (χ1v) is 6.92. The highest BCUT2D eigenvalue weighted by molar-refractivity contribution is 5.96. The Morgan fingerprint density at radius 2 is 1.80 bits per heavy atom. The summed E-state index contributed by atoms with van der Waals surface area (Å²) in [6, 6.07) is 11.8. The van der Waals surface area contributed by atoms with Crippen molar-refractivity contribution >= 4 is 17.0 Å². The molecule has 0 saturated carbocycles. The maximum atomic E-state index is 10.3. The average Bonchev–Trinajstić information content (AvgIpc) is 2.49. The van der Waals surface area contributed by atoms with E-state index < -0.39 is 0 Å². The van der Waals surface area contributed by atoms with Crippen LogP contribution in [0.2, 0.25) is 0 Å². The normalized spacial score (nSPS) is 17.1. The van der Waals surface area contributed by atoms with Crippen molar-refractivity contribution in [2.24, 2.45) is 5.10 Å². The zero-order valence-electron chi connectivity index (χ0n) is 11.7. The SMILES string of the molecule is CN1CCN(/N=C/c2ccc3ccccc3c2O)CC1. The van der Waals surface area contributed by atoms with E-state index in [2.05, 4.69) is 22.1 Å². The average molecular weight is 269 g/mol. The van der Waals surface area contributed by atoms with Gasteiger partial charge in [-0.2, -0.15) is 5.10 Å². The van der Waals surface area contributed by atoms with E-state index in [4.69, 9.17) is 0 Å². The van der Waals surface area contributed by atoms with Gasteiger partial charge in [0.05, 0.1) is 6.21 Å². The monoisotopic (exact) mass is 269 g/mol. The van der Waals surface area contributed by atoms with Gasteiger partial charge in [0.15, 0.2) is 0 Å². The van der Waals surface area contributed by atoms with Crippen LogP contribution in [0.3, 0.4) is 0 Å². The molecule has 4 nitrogen and oxygen atoms in total. The van der Waals surface area contributed by atoms with Gasteiger partial charge in [-0.3, -0.25) is 5.01 Å². The predicted molar refractivity (Wildman–Crippen MR) is 82.3 cm³/mol. The van der Waals surface area contributed by atoms with E-state index in [1.165, 1.54) is 0 Å². The lowest BCUT2D eigenvalue weighted by Crippen LogP contribution is -2.41. The second-order valence-electron chi connectivity index (χ2n) is 5.23. The third kappa shape index (κ3) is 2.60. The van der Waals surface area contributed by atoms with Gasteiger partial charge in [-0.05, 0) is 18.5 Å². The second-order valence-corrected chi connectivity index (χ2v) is 5.23. The van der Waals surface area contributed by atoms with Gasteiger partial charge >= 0.3 is 0 Å². The Bertz CT molecular complexity index is 631. The summed E-state index contributed by atoms with van der Waals surface area (Å²) in [5.74, 6) is 0.306. The van der Waals surface area contributed by atoms with Crippen LogP contribution in [0.15, 0.2) is 41.5 Å². The van der Waals surface area contributed by atoms with E-state index >= 15 is 0 Å². The number of hydrazone groups is 1. The van der Waals surface area contributed by atoms with Crippen molar-refractivity contribution in [2.75, 3.05) is 33.2 Å². The van der Waals surface area contributed by atoms with Crippen molar-refractivity contribution < 1.29 is 5.11 Å². The maximum absolute atomic E-state index is 10.3. The highest BCUT2D eigenvalue weighted by Crippen LogP contribution is 2.27. The molecule has 1 aliphatic rings. The largest absolute Gasteiger partial charge is 0.507 e. The molecule has 2 aromatic rings. The number of rotatable bonds is 2. The van der Waals surface area contributed by atoms with Crippen molar-refractivity contribution in [1.29, 1.82) is 0 Å². The van der Waals surface area contributed by atoms with E-state index in [1.807, 2.05) is 36.4 Å². The molecule has 4 heteroatoms. The molecule has 1 N–H and O–H groups in total. The predicted octanol–water partition coefficient (Wildman–Crippen LogP) is 2.13. The van der Waals surface area contributed by atoms with Crippen LogP contribution in [0.5, 0.6) is 5.75 Å². The van der Waals surface area contributed by atoms with E-state index in [0.717, 1.165) is 42.5 Å². The van der Waals surface area contributed by atoms with Crippen LogP contribution >= 0.6 is 0 Å². The minimum atomic E-state index is 0.306. The van der Waals surface area contributed by atoms with E-state index in [9.17, 15) is 5.11 Å². The fourth-order valence-electron chi connectivity index (χ4n) is 2.43. The molecule has 0 aliphatic carbocycles. The van der Waals surface area contributed by atoms with Crippen molar-refractivity contribution in [3.05, 3.63) is 42.0 Å². The summed E-state index contributed by atoms with van der Waals surface area (Å²) in [5, 5.41) is 18.7. The number of nitrogens with zero attached hydrogens (tertiary/aromatic N) is 3. The van der Waals surface area contributed by atoms with E-state index in [1.54, 1.807) is 6.21 Å². The van der Waals surface area contributed by atoms with Gasteiger partial charge in [-0.15, -0.1) is 0 Å². The first kappa shape index (κ1) is 12.9. The minimum absolute atomic E-state index is 0.306. The Hall–Kier alpha value is -2.07. The van der Waals surface area contributed by atoms with Crippen LogP contribution in [0.1, 0.15) is 5.56 Å². The summed E-state index contributed by atoms with van der Waals surface area (Å²) >= 11 is 0. The number of phenols is 1. The number of benzene rings is 2. The fraction of sp³-hybridized carbons (Fsp3) is 0.312. The fourth-order valence-corrected chi connectivity index (χ4v) is 2.43. The lowest BCUT2D eigenvalue weighted by atomic mass is 10.1. The quantitative estimate of drug-likeness (QED) is 0.849. The lowest BCUT2D eigenvalue weighted by Gasteiger charge is -2.30. The number of likely N-dealkylation sites (N-methyl/N-ethyl adjacent to an activating group) is 1. The molecule has 0 unspecified atom stereocenters. The van der Waals surface area contributed by atoms with Crippen molar-refractivity contribution in [3.63, 3.8) is 0 Å². The third-order valence-corrected chi connectivity index (χ3v) is 3.77. The summed E-state index contributed by atoms with van der Waals surface area (Å²) in [5.41, 5.74) is 0.766. The molecule has 2 aromatic carbocycles. The van der Waals surface area contributed by atoms with Gasteiger partial charge in [0.25, 0.3) is 0 Å². The molecule has 3 rings (SSSR count). The molecule has 1 saturated heterocycles. The van der Waals surface area contributed by atoms with Crippen LogP contribution in [0.25, 0.3) is 10.8 Å². The zero-order valence-corrected chi connectivity index (χ0v) is 11.7. The molecule has 1 aliphatic heterocycles. The highest BCUT2D eigenvalue weighted by atomic mass is 16.3. The molecule has 0 radical (unpaired) electrons. The topological polar surface area (TPSA) is 39.1 Å². The van der Waals surface area contributed by atoms with Gasteiger partial charge in [-0.1, -0.05) is 30.3 Å². The highest BCUT2D eigenvalue weighted by Gasteiger charge is 2.11. The van der Waals surface area contributed by atoms with E-state index in [0.29, 0.717) is 5.75 Å². The zero-order chi connectivity index (χ0) is 13.9. The summed E-state index contributed by atoms with van der Waals surface area (Å²) in [6.45, 7) is 3.92. The molecular formula is C16H19N3O. The van der Waals surface area contributed by atoms with Gasteiger partial charge in [0.1, 0.15) is 5.75 Å². The number of aromatic hydroxyl groups is 1. The van der Waals surface area contributed by atoms with Crippen LogP contribution in [-0.4, -0.2) is 54.5 Å². The van der Waals surface area contributed by atoms with Crippen molar-refractivity contribution in [2.45, 2.75) is 0 Å². The Kier molecular flexibility index (Phi) is 3.56. The third-order valence-electron chi connectivity index (χ3n) is 3.77. The second kappa shape index (κ2) is 5.51. The summed E-state index contributed by atoms with van der Waals surface area (Å²) in [7, 11) is 2.12. The molecule has 0 spiro atoms. The minimum Gasteiger partial charge on any atom is -0.507 e. The number of hydrogen-bond acceptors (Lipinski definition) is 4. The van der Waals surface area contributed by atoms with Crippen LogP contribution < -0.4 is 0 Å². The number of hydrogen-bond donors (Lipinski definition) is 1.